The number of rotatable bonds is 2. The molecule has 0 spiro atoms. The molecule has 17 heavy (non-hydrogen) atoms. The van der Waals surface area contributed by atoms with E-state index < -0.39 is 9.84 Å². The Hall–Kier alpha value is -0.940. The molecule has 0 aliphatic rings. The lowest BCUT2D eigenvalue weighted by atomic mass is 10.2. The zero-order valence-corrected chi connectivity index (χ0v) is 11.9. The SMILES string of the molecule is CSc1c(C)[nH]c2ccc(C)c(S(C)(=O)=O)c12. The molecule has 1 heterocycles. The molecule has 0 amide bonds. The minimum Gasteiger partial charge on any atom is -0.358 e. The molecular weight excluding hydrogens is 254 g/mol. The maximum Gasteiger partial charge on any atom is 0.176 e. The Balaban J connectivity index is 3.04. The predicted octanol–water partition coefficient (Wildman–Crippen LogP) is 2.91. The number of aromatic nitrogens is 1. The van der Waals surface area contributed by atoms with Crippen molar-refractivity contribution in [3.05, 3.63) is 23.4 Å². The highest BCUT2D eigenvalue weighted by atomic mass is 32.2. The Morgan fingerprint density at radius 2 is 1.88 bits per heavy atom. The van der Waals surface area contributed by atoms with E-state index in [1.54, 1.807) is 11.8 Å². The quantitative estimate of drug-likeness (QED) is 0.853. The number of fused-ring (bicyclic) bond motifs is 1. The van der Waals surface area contributed by atoms with Crippen LogP contribution in [0.2, 0.25) is 0 Å². The summed E-state index contributed by atoms with van der Waals surface area (Å²) in [5, 5.41) is 0.831. The molecule has 5 heteroatoms. The van der Waals surface area contributed by atoms with Crippen LogP contribution in [0.4, 0.5) is 0 Å². The molecule has 0 radical (unpaired) electrons. The first kappa shape index (κ1) is 12.5. The molecule has 0 bridgehead atoms. The topological polar surface area (TPSA) is 49.9 Å². The monoisotopic (exact) mass is 269 g/mol. The van der Waals surface area contributed by atoms with E-state index >= 15 is 0 Å². The van der Waals surface area contributed by atoms with Crippen molar-refractivity contribution in [3.8, 4) is 0 Å². The Morgan fingerprint density at radius 3 is 2.41 bits per heavy atom. The third-order valence-electron chi connectivity index (χ3n) is 2.82. The molecule has 0 saturated heterocycles. The molecular formula is C12H15NO2S2. The molecule has 0 atom stereocenters. The number of hydrogen-bond donors (Lipinski definition) is 1. The van der Waals surface area contributed by atoms with Gasteiger partial charge in [0.05, 0.1) is 4.90 Å². The number of thioether (sulfide) groups is 1. The van der Waals surface area contributed by atoms with Gasteiger partial charge in [-0.3, -0.25) is 0 Å². The highest BCUT2D eigenvalue weighted by molar-refractivity contribution is 7.99. The van der Waals surface area contributed by atoms with Gasteiger partial charge in [0.1, 0.15) is 0 Å². The van der Waals surface area contributed by atoms with E-state index in [-0.39, 0.29) is 0 Å². The fourth-order valence-corrected chi connectivity index (χ4v) is 4.27. The summed E-state index contributed by atoms with van der Waals surface area (Å²) in [7, 11) is -3.21. The van der Waals surface area contributed by atoms with Gasteiger partial charge in [0, 0.05) is 27.7 Å². The lowest BCUT2D eigenvalue weighted by Crippen LogP contribution is -2.01. The van der Waals surface area contributed by atoms with Gasteiger partial charge in [0.15, 0.2) is 9.84 Å². The smallest absolute Gasteiger partial charge is 0.176 e. The molecule has 0 aliphatic heterocycles. The summed E-state index contributed by atoms with van der Waals surface area (Å²) in [4.78, 5) is 4.70. The maximum absolute atomic E-state index is 11.9. The van der Waals surface area contributed by atoms with E-state index in [1.165, 1.54) is 6.26 Å². The first-order chi connectivity index (χ1) is 7.86. The third-order valence-corrected chi connectivity index (χ3v) is 5.01. The fourth-order valence-electron chi connectivity index (χ4n) is 2.20. The molecule has 0 unspecified atom stereocenters. The molecule has 0 saturated carbocycles. The van der Waals surface area contributed by atoms with Gasteiger partial charge in [-0.2, -0.15) is 0 Å². The van der Waals surface area contributed by atoms with E-state index in [0.717, 1.165) is 27.1 Å². The van der Waals surface area contributed by atoms with Crippen LogP contribution >= 0.6 is 11.8 Å². The van der Waals surface area contributed by atoms with Gasteiger partial charge in [-0.15, -0.1) is 11.8 Å². The van der Waals surface area contributed by atoms with E-state index in [2.05, 4.69) is 4.98 Å². The lowest BCUT2D eigenvalue weighted by Gasteiger charge is -2.07. The average molecular weight is 269 g/mol. The van der Waals surface area contributed by atoms with Gasteiger partial charge in [0.25, 0.3) is 0 Å². The van der Waals surface area contributed by atoms with E-state index in [0.29, 0.717) is 4.90 Å². The van der Waals surface area contributed by atoms with E-state index in [1.807, 2.05) is 32.2 Å². The van der Waals surface area contributed by atoms with Crippen LogP contribution in [0.15, 0.2) is 21.9 Å². The van der Waals surface area contributed by atoms with Crippen LogP contribution in [-0.2, 0) is 9.84 Å². The Morgan fingerprint density at radius 1 is 1.24 bits per heavy atom. The maximum atomic E-state index is 11.9. The van der Waals surface area contributed by atoms with Crippen molar-refractivity contribution in [1.29, 1.82) is 0 Å². The number of aromatic amines is 1. The number of H-pyrrole nitrogens is 1. The molecule has 1 aromatic carbocycles. The van der Waals surface area contributed by atoms with Crippen LogP contribution in [0.3, 0.4) is 0 Å². The van der Waals surface area contributed by atoms with Gasteiger partial charge in [-0.05, 0) is 31.7 Å². The van der Waals surface area contributed by atoms with Gasteiger partial charge in [0.2, 0.25) is 0 Å². The highest BCUT2D eigenvalue weighted by Crippen LogP contribution is 2.36. The van der Waals surface area contributed by atoms with Crippen molar-refractivity contribution < 1.29 is 8.42 Å². The third kappa shape index (κ3) is 1.98. The molecule has 2 rings (SSSR count). The highest BCUT2D eigenvalue weighted by Gasteiger charge is 2.20. The number of benzene rings is 1. The largest absolute Gasteiger partial charge is 0.358 e. The van der Waals surface area contributed by atoms with Crippen molar-refractivity contribution in [2.24, 2.45) is 0 Å². The van der Waals surface area contributed by atoms with Crippen LogP contribution in [0.5, 0.6) is 0 Å². The van der Waals surface area contributed by atoms with Gasteiger partial charge in [-0.25, -0.2) is 8.42 Å². The van der Waals surface area contributed by atoms with Crippen LogP contribution in [0, 0.1) is 13.8 Å². The van der Waals surface area contributed by atoms with Crippen LogP contribution in [-0.4, -0.2) is 25.9 Å². The molecule has 3 nitrogen and oxygen atoms in total. The van der Waals surface area contributed by atoms with Crippen molar-refractivity contribution in [2.45, 2.75) is 23.6 Å². The van der Waals surface area contributed by atoms with E-state index in [9.17, 15) is 8.42 Å². The first-order valence-electron chi connectivity index (χ1n) is 5.22. The van der Waals surface area contributed by atoms with Crippen molar-refractivity contribution in [1.82, 2.24) is 4.98 Å². The molecule has 2 aromatic rings. The minimum atomic E-state index is -3.21. The standard InChI is InChI=1S/C12H15NO2S2/c1-7-5-6-9-10(12(7)17(4,14)15)11(16-3)8(2)13-9/h5-6,13H,1-4H3. The number of hydrogen-bond acceptors (Lipinski definition) is 3. The summed E-state index contributed by atoms with van der Waals surface area (Å²) in [6, 6.07) is 3.78. The van der Waals surface area contributed by atoms with Crippen LogP contribution in [0.1, 0.15) is 11.3 Å². The minimum absolute atomic E-state index is 0.448. The summed E-state index contributed by atoms with van der Waals surface area (Å²) in [6.07, 6.45) is 3.23. The van der Waals surface area contributed by atoms with E-state index in [4.69, 9.17) is 0 Å². The molecule has 0 fully saturated rings. The average Bonchev–Trinajstić information content (AvgIpc) is 2.51. The second kappa shape index (κ2) is 4.07. The normalized spacial score (nSPS) is 12.2. The number of aryl methyl sites for hydroxylation is 2. The summed E-state index contributed by atoms with van der Waals surface area (Å²) in [5.41, 5.74) is 2.70. The zero-order valence-electron chi connectivity index (χ0n) is 10.3. The second-order valence-corrected chi connectivity index (χ2v) is 6.96. The number of sulfone groups is 1. The fraction of sp³-hybridized carbons (Fsp3) is 0.333. The molecule has 1 aromatic heterocycles. The first-order valence-corrected chi connectivity index (χ1v) is 8.33. The lowest BCUT2D eigenvalue weighted by molar-refractivity contribution is 0.602. The number of nitrogens with one attached hydrogen (secondary N) is 1. The summed E-state index contributed by atoms with van der Waals surface area (Å²) < 4.78 is 23.8. The summed E-state index contributed by atoms with van der Waals surface area (Å²) in [5.74, 6) is 0. The van der Waals surface area contributed by atoms with Crippen LogP contribution < -0.4 is 0 Å². The Bertz CT molecular complexity index is 684. The molecule has 92 valence electrons. The van der Waals surface area contributed by atoms with Crippen molar-refractivity contribution in [2.75, 3.05) is 12.5 Å². The zero-order chi connectivity index (χ0) is 12.8. The Kier molecular flexibility index (Phi) is 2.99. The molecule has 0 aliphatic carbocycles. The van der Waals surface area contributed by atoms with Crippen molar-refractivity contribution >= 4 is 32.5 Å². The second-order valence-electron chi connectivity index (χ2n) is 4.19. The van der Waals surface area contributed by atoms with Crippen molar-refractivity contribution in [3.63, 3.8) is 0 Å². The van der Waals surface area contributed by atoms with Gasteiger partial charge in [-0.1, -0.05) is 6.07 Å². The van der Waals surface area contributed by atoms with Gasteiger partial charge >= 0.3 is 0 Å². The van der Waals surface area contributed by atoms with Crippen LogP contribution in [0.25, 0.3) is 10.9 Å². The predicted molar refractivity (Wildman–Crippen MR) is 72.7 cm³/mol. The Labute approximate surface area is 106 Å². The summed E-state index contributed by atoms with van der Waals surface area (Å²) >= 11 is 1.57. The van der Waals surface area contributed by atoms with Gasteiger partial charge < -0.3 is 4.98 Å². The molecule has 1 N–H and O–H groups in total. The summed E-state index contributed by atoms with van der Waals surface area (Å²) in [6.45, 7) is 3.80.